The zero-order chi connectivity index (χ0) is 12.1. The summed E-state index contributed by atoms with van der Waals surface area (Å²) in [5.74, 6) is 0. The van der Waals surface area contributed by atoms with Crippen LogP contribution in [0.5, 0.6) is 5.19 Å². The van der Waals surface area contributed by atoms with Gasteiger partial charge in [0, 0.05) is 18.3 Å². The first-order valence-corrected chi connectivity index (χ1v) is 6.13. The lowest BCUT2D eigenvalue weighted by Crippen LogP contribution is -2.02. The van der Waals surface area contributed by atoms with Crippen molar-refractivity contribution in [3.8, 4) is 5.19 Å². The average Bonchev–Trinajstić information content (AvgIpc) is 2.71. The Kier molecular flexibility index (Phi) is 4.06. The molecule has 0 radical (unpaired) electrons. The zero-order valence-electron chi connectivity index (χ0n) is 8.80. The lowest BCUT2D eigenvalue weighted by molar-refractivity contribution is 0.112. The minimum atomic E-state index is 0.192. The van der Waals surface area contributed by atoms with E-state index in [0.717, 1.165) is 17.0 Å². The third-order valence-corrected chi connectivity index (χ3v) is 3.30. The molecular formula is C11H9ClN2O2S. The van der Waals surface area contributed by atoms with E-state index < -0.39 is 0 Å². The zero-order valence-corrected chi connectivity index (χ0v) is 10.4. The van der Waals surface area contributed by atoms with Crippen molar-refractivity contribution in [1.82, 2.24) is 9.97 Å². The molecule has 0 amide bonds. The fourth-order valence-electron chi connectivity index (χ4n) is 1.22. The molecule has 0 saturated carbocycles. The van der Waals surface area contributed by atoms with Crippen LogP contribution in [0.4, 0.5) is 0 Å². The summed E-state index contributed by atoms with van der Waals surface area (Å²) >= 11 is 6.86. The normalized spacial score (nSPS) is 10.2. The van der Waals surface area contributed by atoms with Crippen LogP contribution in [0.1, 0.15) is 15.4 Å². The summed E-state index contributed by atoms with van der Waals surface area (Å²) in [6.07, 6.45) is 3.10. The number of nitrogens with zero attached hydrogens (tertiary/aromatic N) is 2. The van der Waals surface area contributed by atoms with Crippen LogP contribution in [-0.2, 0) is 6.42 Å². The van der Waals surface area contributed by atoms with Crippen molar-refractivity contribution < 1.29 is 9.53 Å². The van der Waals surface area contributed by atoms with Crippen molar-refractivity contribution in [1.29, 1.82) is 0 Å². The Morgan fingerprint density at radius 3 is 3.00 bits per heavy atom. The molecule has 0 spiro atoms. The SMILES string of the molecule is O=Cc1sc(OCCc2ccccn2)nc1Cl. The van der Waals surface area contributed by atoms with E-state index in [2.05, 4.69) is 9.97 Å². The molecule has 2 heterocycles. The molecule has 2 aromatic heterocycles. The lowest BCUT2D eigenvalue weighted by atomic mass is 10.3. The van der Waals surface area contributed by atoms with Crippen molar-refractivity contribution in [2.45, 2.75) is 6.42 Å². The number of thiazole rings is 1. The van der Waals surface area contributed by atoms with E-state index in [1.54, 1.807) is 6.20 Å². The third kappa shape index (κ3) is 3.25. The summed E-state index contributed by atoms with van der Waals surface area (Å²) in [6, 6.07) is 5.71. The molecule has 0 atom stereocenters. The molecular weight excluding hydrogens is 260 g/mol. The van der Waals surface area contributed by atoms with E-state index in [4.69, 9.17) is 16.3 Å². The number of ether oxygens (including phenoxy) is 1. The van der Waals surface area contributed by atoms with Crippen LogP contribution < -0.4 is 4.74 Å². The molecule has 0 aliphatic rings. The van der Waals surface area contributed by atoms with Crippen LogP contribution in [-0.4, -0.2) is 22.9 Å². The van der Waals surface area contributed by atoms with Gasteiger partial charge < -0.3 is 4.74 Å². The first-order valence-electron chi connectivity index (χ1n) is 4.94. The Labute approximate surface area is 107 Å². The molecule has 6 heteroatoms. The van der Waals surface area contributed by atoms with Crippen LogP contribution in [0.3, 0.4) is 0 Å². The van der Waals surface area contributed by atoms with Crippen LogP contribution in [0.25, 0.3) is 0 Å². The van der Waals surface area contributed by atoms with Crippen molar-refractivity contribution in [2.75, 3.05) is 6.61 Å². The van der Waals surface area contributed by atoms with Gasteiger partial charge in [-0.2, -0.15) is 4.98 Å². The summed E-state index contributed by atoms with van der Waals surface area (Å²) in [5, 5.41) is 0.603. The minimum absolute atomic E-state index is 0.192. The molecule has 17 heavy (non-hydrogen) atoms. The Bertz CT molecular complexity index is 501. The second kappa shape index (κ2) is 5.75. The Hall–Kier alpha value is -1.46. The molecule has 2 aromatic rings. The smallest absolute Gasteiger partial charge is 0.275 e. The Balaban J connectivity index is 1.88. The molecule has 0 saturated heterocycles. The predicted molar refractivity (Wildman–Crippen MR) is 65.9 cm³/mol. The number of hydrogen-bond donors (Lipinski definition) is 0. The van der Waals surface area contributed by atoms with Crippen LogP contribution in [0, 0.1) is 0 Å². The van der Waals surface area contributed by atoms with E-state index >= 15 is 0 Å². The number of aldehydes is 1. The van der Waals surface area contributed by atoms with E-state index in [1.807, 2.05) is 18.2 Å². The van der Waals surface area contributed by atoms with Crippen LogP contribution in [0.15, 0.2) is 24.4 Å². The Morgan fingerprint density at radius 1 is 1.47 bits per heavy atom. The quantitative estimate of drug-likeness (QED) is 0.782. The first-order chi connectivity index (χ1) is 8.29. The van der Waals surface area contributed by atoms with Crippen LogP contribution in [0.2, 0.25) is 5.15 Å². The van der Waals surface area contributed by atoms with E-state index in [0.29, 0.717) is 29.4 Å². The average molecular weight is 269 g/mol. The molecule has 0 aliphatic heterocycles. The number of halogens is 1. The summed E-state index contributed by atoms with van der Waals surface area (Å²) in [6.45, 7) is 0.457. The van der Waals surface area contributed by atoms with E-state index in [9.17, 15) is 4.79 Å². The summed E-state index contributed by atoms with van der Waals surface area (Å²) in [5.41, 5.74) is 0.950. The van der Waals surface area contributed by atoms with Crippen molar-refractivity contribution in [2.24, 2.45) is 0 Å². The van der Waals surface area contributed by atoms with Crippen LogP contribution >= 0.6 is 22.9 Å². The highest BCUT2D eigenvalue weighted by atomic mass is 35.5. The molecule has 2 rings (SSSR count). The topological polar surface area (TPSA) is 52.1 Å². The van der Waals surface area contributed by atoms with Gasteiger partial charge in [0.25, 0.3) is 5.19 Å². The number of carbonyl (C=O) groups excluding carboxylic acids is 1. The molecule has 88 valence electrons. The fraction of sp³-hybridized carbons (Fsp3) is 0.182. The molecule has 0 aliphatic carbocycles. The standard InChI is InChI=1S/C11H9ClN2O2S/c12-10-9(7-15)17-11(14-10)16-6-4-8-3-1-2-5-13-8/h1-3,5,7H,4,6H2. The first kappa shape index (κ1) is 12.0. The largest absolute Gasteiger partial charge is 0.470 e. The van der Waals surface area contributed by atoms with Gasteiger partial charge in [0.15, 0.2) is 11.4 Å². The van der Waals surface area contributed by atoms with Gasteiger partial charge in [-0.3, -0.25) is 9.78 Å². The van der Waals surface area contributed by atoms with Gasteiger partial charge in [-0.15, -0.1) is 0 Å². The van der Waals surface area contributed by atoms with E-state index in [-0.39, 0.29) is 5.15 Å². The number of carbonyl (C=O) groups is 1. The highest BCUT2D eigenvalue weighted by Gasteiger charge is 2.09. The summed E-state index contributed by atoms with van der Waals surface area (Å²) in [4.78, 5) is 19.0. The number of aromatic nitrogens is 2. The summed E-state index contributed by atoms with van der Waals surface area (Å²) < 4.78 is 5.40. The molecule has 0 aromatic carbocycles. The third-order valence-electron chi connectivity index (χ3n) is 2.01. The van der Waals surface area contributed by atoms with Gasteiger partial charge in [-0.05, 0) is 12.1 Å². The number of hydrogen-bond acceptors (Lipinski definition) is 5. The molecule has 0 fully saturated rings. The maximum Gasteiger partial charge on any atom is 0.275 e. The monoisotopic (exact) mass is 268 g/mol. The van der Waals surface area contributed by atoms with Crippen molar-refractivity contribution in [3.05, 3.63) is 40.1 Å². The number of pyridine rings is 1. The van der Waals surface area contributed by atoms with Gasteiger partial charge in [0.1, 0.15) is 4.88 Å². The lowest BCUT2D eigenvalue weighted by Gasteiger charge is -2.01. The fourth-order valence-corrected chi connectivity index (χ4v) is 2.15. The van der Waals surface area contributed by atoms with Gasteiger partial charge in [0.05, 0.1) is 6.61 Å². The van der Waals surface area contributed by atoms with Gasteiger partial charge in [0.2, 0.25) is 0 Å². The molecule has 0 unspecified atom stereocenters. The van der Waals surface area contributed by atoms with Gasteiger partial charge >= 0.3 is 0 Å². The minimum Gasteiger partial charge on any atom is -0.470 e. The van der Waals surface area contributed by atoms with Gasteiger partial charge in [-0.25, -0.2) is 0 Å². The maximum atomic E-state index is 10.6. The molecule has 0 bridgehead atoms. The summed E-state index contributed by atoms with van der Waals surface area (Å²) in [7, 11) is 0. The van der Waals surface area contributed by atoms with Crippen molar-refractivity contribution in [3.63, 3.8) is 0 Å². The molecule has 4 nitrogen and oxygen atoms in total. The van der Waals surface area contributed by atoms with Gasteiger partial charge in [-0.1, -0.05) is 29.0 Å². The second-order valence-corrected chi connectivity index (χ2v) is 4.52. The van der Waals surface area contributed by atoms with Crippen molar-refractivity contribution >= 4 is 29.2 Å². The van der Waals surface area contributed by atoms with E-state index in [1.165, 1.54) is 0 Å². The Morgan fingerprint density at radius 2 is 2.35 bits per heavy atom. The maximum absolute atomic E-state index is 10.6. The highest BCUT2D eigenvalue weighted by molar-refractivity contribution is 7.15. The predicted octanol–water partition coefficient (Wildman–Crippen LogP) is 2.63. The molecule has 0 N–H and O–H groups in total. The second-order valence-electron chi connectivity index (χ2n) is 3.17. The highest BCUT2D eigenvalue weighted by Crippen LogP contribution is 2.26. The number of rotatable bonds is 5.